The Morgan fingerprint density at radius 2 is 2.00 bits per heavy atom. The highest BCUT2D eigenvalue weighted by molar-refractivity contribution is 5.73. The van der Waals surface area contributed by atoms with Crippen molar-refractivity contribution in [3.63, 3.8) is 0 Å². The first-order valence-electron chi connectivity index (χ1n) is 8.08. The summed E-state index contributed by atoms with van der Waals surface area (Å²) in [7, 11) is 1.92. The molecule has 1 aromatic carbocycles. The van der Waals surface area contributed by atoms with Crippen molar-refractivity contribution in [3.05, 3.63) is 59.8 Å². The number of carbonyl (C=O) groups is 1. The molecule has 1 heterocycles. The number of urea groups is 1. The van der Waals surface area contributed by atoms with Crippen molar-refractivity contribution in [1.29, 1.82) is 0 Å². The van der Waals surface area contributed by atoms with Crippen molar-refractivity contribution in [2.24, 2.45) is 0 Å². The number of aliphatic hydroxyl groups is 1. The van der Waals surface area contributed by atoms with E-state index in [0.29, 0.717) is 25.4 Å². The zero-order chi connectivity index (χ0) is 18.3. The molecule has 1 unspecified atom stereocenters. The van der Waals surface area contributed by atoms with Crippen LogP contribution in [0, 0.1) is 5.82 Å². The molecule has 0 bridgehead atoms. The summed E-state index contributed by atoms with van der Waals surface area (Å²) in [5, 5.41) is 15.6. The van der Waals surface area contributed by atoms with E-state index >= 15 is 0 Å². The first-order chi connectivity index (χ1) is 11.9. The molecule has 0 aliphatic carbocycles. The van der Waals surface area contributed by atoms with Gasteiger partial charge in [0, 0.05) is 19.6 Å². The van der Waals surface area contributed by atoms with E-state index in [9.17, 15) is 14.3 Å². The molecule has 1 aromatic heterocycles. The highest BCUT2D eigenvalue weighted by Crippen LogP contribution is 2.19. The summed E-state index contributed by atoms with van der Waals surface area (Å²) in [5.74, 6) is 0.141. The number of nitrogens with zero attached hydrogens (tertiary/aromatic N) is 1. The minimum atomic E-state index is -1.26. The van der Waals surface area contributed by atoms with E-state index in [1.54, 1.807) is 31.2 Å². The van der Waals surface area contributed by atoms with Gasteiger partial charge >= 0.3 is 6.03 Å². The number of benzene rings is 1. The molecule has 25 heavy (non-hydrogen) atoms. The molecular formula is C18H24FN3O3. The second kappa shape index (κ2) is 8.64. The molecule has 0 saturated carbocycles. The largest absolute Gasteiger partial charge is 0.466 e. The molecule has 2 aromatic rings. The zero-order valence-corrected chi connectivity index (χ0v) is 14.5. The maximum atomic E-state index is 12.9. The van der Waals surface area contributed by atoms with Crippen LogP contribution in [0.1, 0.15) is 18.2 Å². The summed E-state index contributed by atoms with van der Waals surface area (Å²) in [6.07, 6.45) is 1.47. The molecule has 2 amide bonds. The van der Waals surface area contributed by atoms with E-state index in [-0.39, 0.29) is 18.4 Å². The Morgan fingerprint density at radius 3 is 2.64 bits per heavy atom. The Balaban J connectivity index is 1.65. The lowest BCUT2D eigenvalue weighted by Crippen LogP contribution is -2.44. The molecule has 136 valence electrons. The predicted molar refractivity (Wildman–Crippen MR) is 92.4 cm³/mol. The average Bonchev–Trinajstić information content (AvgIpc) is 3.11. The number of hydrogen-bond donors (Lipinski definition) is 3. The third-order valence-corrected chi connectivity index (χ3v) is 3.79. The van der Waals surface area contributed by atoms with Crippen LogP contribution >= 0.6 is 0 Å². The number of nitrogens with one attached hydrogen (secondary N) is 2. The Kier molecular flexibility index (Phi) is 6.55. The lowest BCUT2D eigenvalue weighted by Gasteiger charge is -2.21. The Morgan fingerprint density at radius 1 is 1.28 bits per heavy atom. The third-order valence-electron chi connectivity index (χ3n) is 3.79. The van der Waals surface area contributed by atoms with Gasteiger partial charge in [-0.3, -0.25) is 0 Å². The van der Waals surface area contributed by atoms with E-state index in [2.05, 4.69) is 10.6 Å². The second-order valence-electron chi connectivity index (χ2n) is 6.22. The van der Waals surface area contributed by atoms with Crippen molar-refractivity contribution in [2.75, 3.05) is 26.7 Å². The average molecular weight is 349 g/mol. The fourth-order valence-corrected chi connectivity index (χ4v) is 2.33. The molecule has 3 N–H and O–H groups in total. The number of likely N-dealkylation sites (N-methyl/N-ethyl adjacent to an activating group) is 1. The fourth-order valence-electron chi connectivity index (χ4n) is 2.33. The third kappa shape index (κ3) is 6.21. The quantitative estimate of drug-likeness (QED) is 0.682. The number of carbonyl (C=O) groups excluding carboxylic acids is 1. The van der Waals surface area contributed by atoms with Crippen molar-refractivity contribution in [1.82, 2.24) is 15.5 Å². The molecule has 0 saturated heterocycles. The first kappa shape index (κ1) is 19.0. The van der Waals surface area contributed by atoms with Gasteiger partial charge in [0.1, 0.15) is 17.2 Å². The minimum absolute atomic E-state index is 0.0394. The summed E-state index contributed by atoms with van der Waals surface area (Å²) < 4.78 is 18.0. The lowest BCUT2D eigenvalue weighted by atomic mass is 10.0. The molecular weight excluding hydrogens is 325 g/mol. The van der Waals surface area contributed by atoms with Crippen LogP contribution in [0.25, 0.3) is 0 Å². The lowest BCUT2D eigenvalue weighted by molar-refractivity contribution is 0.0367. The maximum Gasteiger partial charge on any atom is 0.314 e. The van der Waals surface area contributed by atoms with E-state index in [1.165, 1.54) is 18.4 Å². The van der Waals surface area contributed by atoms with E-state index in [4.69, 9.17) is 4.42 Å². The normalized spacial score (nSPS) is 13.5. The minimum Gasteiger partial charge on any atom is -0.466 e. The van der Waals surface area contributed by atoms with Crippen LogP contribution in [0.5, 0.6) is 0 Å². The molecule has 7 heteroatoms. The first-order valence-corrected chi connectivity index (χ1v) is 8.08. The molecule has 6 nitrogen and oxygen atoms in total. The molecule has 0 aliphatic heterocycles. The molecule has 1 atom stereocenters. The van der Waals surface area contributed by atoms with E-state index in [0.717, 1.165) is 5.56 Å². The van der Waals surface area contributed by atoms with Crippen LogP contribution in [0.2, 0.25) is 0 Å². The smallest absolute Gasteiger partial charge is 0.314 e. The van der Waals surface area contributed by atoms with Crippen LogP contribution in [0.4, 0.5) is 9.18 Å². The Bertz CT molecular complexity index is 657. The fraction of sp³-hybridized carbons (Fsp3) is 0.389. The van der Waals surface area contributed by atoms with E-state index < -0.39 is 5.60 Å². The summed E-state index contributed by atoms with van der Waals surface area (Å²) in [5.41, 5.74) is -0.261. The number of furan rings is 1. The summed E-state index contributed by atoms with van der Waals surface area (Å²) in [6, 6.07) is 9.32. The van der Waals surface area contributed by atoms with Gasteiger partial charge in [-0.05, 0) is 43.8 Å². The highest BCUT2D eigenvalue weighted by atomic mass is 19.1. The molecule has 0 radical (unpaired) electrons. The second-order valence-corrected chi connectivity index (χ2v) is 6.22. The number of halogens is 1. The topological polar surface area (TPSA) is 77.7 Å². The summed E-state index contributed by atoms with van der Waals surface area (Å²) >= 11 is 0. The van der Waals surface area contributed by atoms with Crippen LogP contribution in [0.3, 0.4) is 0 Å². The summed E-state index contributed by atoms with van der Waals surface area (Å²) in [4.78, 5) is 13.8. The van der Waals surface area contributed by atoms with Gasteiger partial charge in [-0.15, -0.1) is 0 Å². The van der Waals surface area contributed by atoms with Crippen LogP contribution in [0.15, 0.2) is 47.1 Å². The Labute approximate surface area is 146 Å². The standard InChI is InChI=1S/C18H24FN3O3/c1-18(24,16-4-3-11-25-16)13-21-17(23)20-9-10-22(2)12-14-5-7-15(19)8-6-14/h3-8,11,24H,9-10,12-13H2,1-2H3,(H2,20,21,23). The van der Waals surface area contributed by atoms with Crippen molar-refractivity contribution in [3.8, 4) is 0 Å². The van der Waals surface area contributed by atoms with Gasteiger partial charge in [-0.25, -0.2) is 9.18 Å². The van der Waals surface area contributed by atoms with Gasteiger partial charge in [0.15, 0.2) is 0 Å². The van der Waals surface area contributed by atoms with Crippen LogP contribution < -0.4 is 10.6 Å². The van der Waals surface area contributed by atoms with Crippen molar-refractivity contribution < 1.29 is 18.7 Å². The van der Waals surface area contributed by atoms with Gasteiger partial charge < -0.3 is 25.1 Å². The zero-order valence-electron chi connectivity index (χ0n) is 14.5. The monoisotopic (exact) mass is 349 g/mol. The van der Waals surface area contributed by atoms with Crippen LogP contribution in [-0.4, -0.2) is 42.7 Å². The van der Waals surface area contributed by atoms with Gasteiger partial charge in [0.25, 0.3) is 0 Å². The van der Waals surface area contributed by atoms with Crippen molar-refractivity contribution >= 4 is 6.03 Å². The van der Waals surface area contributed by atoms with E-state index in [1.807, 2.05) is 11.9 Å². The Hall–Kier alpha value is -2.38. The van der Waals surface area contributed by atoms with Gasteiger partial charge in [0.05, 0.1) is 12.8 Å². The summed E-state index contributed by atoms with van der Waals surface area (Å²) in [6.45, 7) is 3.36. The maximum absolute atomic E-state index is 12.9. The SMILES string of the molecule is CN(CCNC(=O)NCC(C)(O)c1ccco1)Cc1ccc(F)cc1. The van der Waals surface area contributed by atoms with Crippen LogP contribution in [-0.2, 0) is 12.1 Å². The molecule has 0 aliphatic rings. The highest BCUT2D eigenvalue weighted by Gasteiger charge is 2.26. The number of amides is 2. The van der Waals surface area contributed by atoms with Gasteiger partial charge in [-0.1, -0.05) is 12.1 Å². The van der Waals surface area contributed by atoms with Gasteiger partial charge in [-0.2, -0.15) is 0 Å². The van der Waals surface area contributed by atoms with Gasteiger partial charge in [0.2, 0.25) is 0 Å². The predicted octanol–water partition coefficient (Wildman–Crippen LogP) is 2.06. The molecule has 0 fully saturated rings. The number of hydrogen-bond acceptors (Lipinski definition) is 4. The molecule has 2 rings (SSSR count). The van der Waals surface area contributed by atoms with Crippen molar-refractivity contribution in [2.45, 2.75) is 19.1 Å². The number of rotatable bonds is 8. The molecule has 0 spiro atoms.